The van der Waals surface area contributed by atoms with Crippen LogP contribution in [0.2, 0.25) is 0 Å². The second-order valence-electron chi connectivity index (χ2n) is 5.46. The van der Waals surface area contributed by atoms with Crippen molar-refractivity contribution in [1.29, 1.82) is 0 Å². The first kappa shape index (κ1) is 18.1. The number of methoxy groups -OCH3 is 2. The molecule has 0 amide bonds. The molecule has 2 aromatic carbocycles. The molecule has 0 bridgehead atoms. The van der Waals surface area contributed by atoms with Crippen LogP contribution < -0.4 is 14.2 Å². The molecule has 136 valence electrons. The third kappa shape index (κ3) is 3.62. The van der Waals surface area contributed by atoms with Crippen molar-refractivity contribution in [2.24, 2.45) is 0 Å². The van der Waals surface area contributed by atoms with Crippen molar-refractivity contribution in [3.05, 3.63) is 47.3 Å². The molecule has 0 fully saturated rings. The lowest BCUT2D eigenvalue weighted by molar-refractivity contribution is -0.0494. The van der Waals surface area contributed by atoms with Crippen LogP contribution in [0.15, 0.2) is 41.8 Å². The molecule has 1 heterocycles. The Balaban J connectivity index is 2.06. The summed E-state index contributed by atoms with van der Waals surface area (Å²) in [5, 5.41) is 2.50. The van der Waals surface area contributed by atoms with Crippen LogP contribution in [-0.4, -0.2) is 25.8 Å². The van der Waals surface area contributed by atoms with Gasteiger partial charge in [0.1, 0.15) is 10.8 Å². The van der Waals surface area contributed by atoms with Crippen LogP contribution >= 0.6 is 11.3 Å². The van der Waals surface area contributed by atoms with Gasteiger partial charge >= 0.3 is 6.61 Å². The summed E-state index contributed by atoms with van der Waals surface area (Å²) in [6.45, 7) is -1.01. The minimum atomic E-state index is -2.90. The van der Waals surface area contributed by atoms with Crippen molar-refractivity contribution in [3.8, 4) is 39.1 Å². The summed E-state index contributed by atoms with van der Waals surface area (Å²) < 4.78 is 40.8. The predicted molar refractivity (Wildman–Crippen MR) is 97.5 cm³/mol. The number of para-hydroxylation sites is 1. The van der Waals surface area contributed by atoms with Gasteiger partial charge in [-0.1, -0.05) is 17.7 Å². The molecule has 0 aliphatic carbocycles. The summed E-state index contributed by atoms with van der Waals surface area (Å²) in [5.74, 6) is 1.27. The average Bonchev–Trinajstić information content (AvgIpc) is 3.11. The van der Waals surface area contributed by atoms with Crippen LogP contribution in [0.1, 0.15) is 5.56 Å². The van der Waals surface area contributed by atoms with Crippen LogP contribution in [-0.2, 0) is 0 Å². The van der Waals surface area contributed by atoms with Gasteiger partial charge in [-0.15, -0.1) is 11.3 Å². The van der Waals surface area contributed by atoms with Crippen LogP contribution in [0.25, 0.3) is 21.8 Å². The Morgan fingerprint density at radius 2 is 1.81 bits per heavy atom. The number of hydrogen-bond donors (Lipinski definition) is 0. The summed E-state index contributed by atoms with van der Waals surface area (Å²) in [6, 6.07) is 10.5. The van der Waals surface area contributed by atoms with Crippen molar-refractivity contribution >= 4 is 11.3 Å². The Morgan fingerprint density at radius 3 is 2.50 bits per heavy atom. The van der Waals surface area contributed by atoms with E-state index in [0.29, 0.717) is 27.8 Å². The Kier molecular flexibility index (Phi) is 5.37. The number of hydrogen-bond acceptors (Lipinski definition) is 5. The molecule has 0 unspecified atom stereocenters. The zero-order valence-corrected chi connectivity index (χ0v) is 15.3. The summed E-state index contributed by atoms with van der Waals surface area (Å²) in [5.41, 5.74) is 2.78. The molecule has 26 heavy (non-hydrogen) atoms. The highest BCUT2D eigenvalue weighted by molar-refractivity contribution is 7.13. The molecule has 0 aliphatic heterocycles. The molecule has 0 spiro atoms. The van der Waals surface area contributed by atoms with E-state index >= 15 is 0 Å². The molecule has 4 nitrogen and oxygen atoms in total. The third-order valence-electron chi connectivity index (χ3n) is 3.76. The Morgan fingerprint density at radius 1 is 1.00 bits per heavy atom. The number of aromatic nitrogens is 1. The minimum absolute atomic E-state index is 0.0973. The van der Waals surface area contributed by atoms with E-state index in [4.69, 9.17) is 9.47 Å². The monoisotopic (exact) mass is 377 g/mol. The first-order valence-electron chi connectivity index (χ1n) is 7.76. The molecule has 1 aromatic heterocycles. The van der Waals surface area contributed by atoms with Crippen molar-refractivity contribution in [1.82, 2.24) is 4.98 Å². The number of aryl methyl sites for hydroxylation is 1. The fourth-order valence-electron chi connectivity index (χ4n) is 2.62. The second-order valence-corrected chi connectivity index (χ2v) is 6.32. The van der Waals surface area contributed by atoms with Crippen molar-refractivity contribution in [3.63, 3.8) is 0 Å². The quantitative estimate of drug-likeness (QED) is 0.576. The molecule has 0 aliphatic rings. The Labute approximate surface area is 154 Å². The molecule has 7 heteroatoms. The zero-order valence-electron chi connectivity index (χ0n) is 14.5. The largest absolute Gasteiger partial charge is 0.493 e. The second kappa shape index (κ2) is 7.70. The van der Waals surface area contributed by atoms with E-state index in [1.54, 1.807) is 37.8 Å². The highest BCUT2D eigenvalue weighted by Crippen LogP contribution is 2.41. The molecular weight excluding hydrogens is 360 g/mol. The van der Waals surface area contributed by atoms with Crippen molar-refractivity contribution in [2.45, 2.75) is 13.5 Å². The Hall–Kier alpha value is -2.67. The van der Waals surface area contributed by atoms with Crippen LogP contribution in [0.3, 0.4) is 0 Å². The zero-order chi connectivity index (χ0) is 18.7. The van der Waals surface area contributed by atoms with Gasteiger partial charge in [0.15, 0.2) is 11.5 Å². The Bertz CT molecular complexity index is 912. The number of benzene rings is 2. The third-order valence-corrected chi connectivity index (χ3v) is 4.64. The molecule has 3 aromatic rings. The number of rotatable bonds is 6. The van der Waals surface area contributed by atoms with E-state index in [-0.39, 0.29) is 5.75 Å². The molecule has 0 saturated carbocycles. The maximum atomic E-state index is 12.7. The van der Waals surface area contributed by atoms with Gasteiger partial charge in [-0.25, -0.2) is 4.98 Å². The van der Waals surface area contributed by atoms with Gasteiger partial charge in [0, 0.05) is 10.9 Å². The van der Waals surface area contributed by atoms with E-state index < -0.39 is 6.61 Å². The van der Waals surface area contributed by atoms with Crippen LogP contribution in [0, 0.1) is 6.92 Å². The van der Waals surface area contributed by atoms with E-state index in [9.17, 15) is 8.78 Å². The van der Waals surface area contributed by atoms with Crippen molar-refractivity contribution in [2.75, 3.05) is 14.2 Å². The fourth-order valence-corrected chi connectivity index (χ4v) is 3.46. The molecule has 3 rings (SSSR count). The first-order valence-corrected chi connectivity index (χ1v) is 8.64. The lowest BCUT2D eigenvalue weighted by Gasteiger charge is -2.11. The molecule has 0 N–H and O–H groups in total. The standard InChI is InChI=1S/C19H17F2NO3S/c1-11-7-8-15(25-19(20)21)13(9-11)14-10-26-18(22-14)12-5-4-6-16(23-2)17(12)24-3/h4-10,19H,1-3H3. The van der Waals surface area contributed by atoms with Gasteiger partial charge in [-0.2, -0.15) is 8.78 Å². The average molecular weight is 377 g/mol. The normalized spacial score (nSPS) is 10.8. The van der Waals surface area contributed by atoms with Gasteiger partial charge in [-0.05, 0) is 31.2 Å². The van der Waals surface area contributed by atoms with Gasteiger partial charge in [0.25, 0.3) is 0 Å². The maximum absolute atomic E-state index is 12.7. The molecule has 0 atom stereocenters. The van der Waals surface area contributed by atoms with Crippen LogP contribution in [0.5, 0.6) is 17.2 Å². The van der Waals surface area contributed by atoms with Gasteiger partial charge in [-0.3, -0.25) is 0 Å². The number of alkyl halides is 2. The highest BCUT2D eigenvalue weighted by Gasteiger charge is 2.18. The number of halogens is 2. The number of nitrogens with zero attached hydrogens (tertiary/aromatic N) is 1. The summed E-state index contributed by atoms with van der Waals surface area (Å²) >= 11 is 1.39. The van der Waals surface area contributed by atoms with E-state index in [1.165, 1.54) is 17.4 Å². The lowest BCUT2D eigenvalue weighted by Crippen LogP contribution is -2.03. The predicted octanol–water partition coefficient (Wildman–Crippen LogP) is 5.40. The molecule has 0 saturated heterocycles. The lowest BCUT2D eigenvalue weighted by atomic mass is 10.1. The smallest absolute Gasteiger partial charge is 0.387 e. The van der Waals surface area contributed by atoms with Gasteiger partial charge in [0.05, 0.1) is 25.5 Å². The topological polar surface area (TPSA) is 40.6 Å². The summed E-state index contributed by atoms with van der Waals surface area (Å²) in [7, 11) is 3.13. The minimum Gasteiger partial charge on any atom is -0.493 e. The molecule has 0 radical (unpaired) electrons. The first-order chi connectivity index (χ1) is 12.5. The van der Waals surface area contributed by atoms with E-state index in [1.807, 2.05) is 19.1 Å². The fraction of sp³-hybridized carbons (Fsp3) is 0.211. The highest BCUT2D eigenvalue weighted by atomic mass is 32.1. The van der Waals surface area contributed by atoms with E-state index in [0.717, 1.165) is 11.1 Å². The van der Waals surface area contributed by atoms with E-state index in [2.05, 4.69) is 9.72 Å². The number of ether oxygens (including phenoxy) is 3. The summed E-state index contributed by atoms with van der Waals surface area (Å²) in [6.07, 6.45) is 0. The van der Waals surface area contributed by atoms with Gasteiger partial charge in [0.2, 0.25) is 0 Å². The SMILES string of the molecule is COc1cccc(-c2nc(-c3cc(C)ccc3OC(F)F)cs2)c1OC. The van der Waals surface area contributed by atoms with Crippen molar-refractivity contribution < 1.29 is 23.0 Å². The maximum Gasteiger partial charge on any atom is 0.387 e. The van der Waals surface area contributed by atoms with Gasteiger partial charge < -0.3 is 14.2 Å². The molecular formula is C19H17F2NO3S. The number of thiazole rings is 1. The van der Waals surface area contributed by atoms with Crippen LogP contribution in [0.4, 0.5) is 8.78 Å². The summed E-state index contributed by atoms with van der Waals surface area (Å²) in [4.78, 5) is 4.60.